The monoisotopic (exact) mass is 290 g/mol. The zero-order valence-corrected chi connectivity index (χ0v) is 12.2. The molecule has 110 valence electrons. The van der Waals surface area contributed by atoms with Crippen molar-refractivity contribution in [1.29, 1.82) is 0 Å². The van der Waals surface area contributed by atoms with E-state index in [0.29, 0.717) is 13.1 Å². The average Bonchev–Trinajstić information content (AvgIpc) is 2.61. The first-order chi connectivity index (χ1) is 10.9. The molecule has 0 saturated carbocycles. The van der Waals surface area contributed by atoms with Crippen molar-refractivity contribution in [3.05, 3.63) is 78.2 Å². The van der Waals surface area contributed by atoms with Crippen LogP contribution in [0.3, 0.4) is 0 Å². The zero-order chi connectivity index (χ0) is 15.2. The van der Waals surface area contributed by atoms with Crippen molar-refractivity contribution in [2.45, 2.75) is 13.1 Å². The summed E-state index contributed by atoms with van der Waals surface area (Å²) in [6.45, 7) is 1.06. The van der Waals surface area contributed by atoms with Crippen LogP contribution in [0, 0.1) is 0 Å². The van der Waals surface area contributed by atoms with Gasteiger partial charge in [0.05, 0.1) is 12.2 Å². The van der Waals surface area contributed by atoms with E-state index in [1.54, 1.807) is 6.20 Å². The van der Waals surface area contributed by atoms with Crippen molar-refractivity contribution < 1.29 is 0 Å². The number of aromatic nitrogens is 2. The SMILES string of the molecule is NCc1c(-c2ccccc2)ccnc1NCc1ccccn1. The number of pyridine rings is 2. The Balaban J connectivity index is 1.89. The van der Waals surface area contributed by atoms with Crippen LogP contribution >= 0.6 is 0 Å². The highest BCUT2D eigenvalue weighted by atomic mass is 15.0. The smallest absolute Gasteiger partial charge is 0.131 e. The first kappa shape index (κ1) is 14.2. The number of nitrogens with one attached hydrogen (secondary N) is 1. The number of benzene rings is 1. The minimum atomic E-state index is 0.433. The molecule has 2 heterocycles. The van der Waals surface area contributed by atoms with Gasteiger partial charge in [-0.3, -0.25) is 4.98 Å². The fraction of sp³-hybridized carbons (Fsp3) is 0.111. The molecular weight excluding hydrogens is 272 g/mol. The van der Waals surface area contributed by atoms with Gasteiger partial charge >= 0.3 is 0 Å². The van der Waals surface area contributed by atoms with Crippen LogP contribution < -0.4 is 11.1 Å². The third-order valence-electron chi connectivity index (χ3n) is 3.51. The summed E-state index contributed by atoms with van der Waals surface area (Å²) in [6, 6.07) is 18.1. The normalized spacial score (nSPS) is 10.4. The fourth-order valence-corrected chi connectivity index (χ4v) is 2.42. The maximum absolute atomic E-state index is 5.96. The van der Waals surface area contributed by atoms with Crippen molar-refractivity contribution in [1.82, 2.24) is 9.97 Å². The Hall–Kier alpha value is -2.72. The zero-order valence-electron chi connectivity index (χ0n) is 12.2. The molecule has 0 spiro atoms. The second kappa shape index (κ2) is 6.83. The Morgan fingerprint density at radius 1 is 0.864 bits per heavy atom. The van der Waals surface area contributed by atoms with Crippen molar-refractivity contribution in [2.75, 3.05) is 5.32 Å². The molecule has 22 heavy (non-hydrogen) atoms. The van der Waals surface area contributed by atoms with Crippen LogP contribution in [0.1, 0.15) is 11.3 Å². The lowest BCUT2D eigenvalue weighted by Gasteiger charge is -2.14. The molecule has 1 aromatic carbocycles. The average molecular weight is 290 g/mol. The summed E-state index contributed by atoms with van der Waals surface area (Å²) in [5, 5.41) is 3.34. The number of nitrogens with two attached hydrogens (primary N) is 1. The Labute approximate surface area is 130 Å². The van der Waals surface area contributed by atoms with Crippen LogP contribution in [0.15, 0.2) is 67.0 Å². The van der Waals surface area contributed by atoms with Gasteiger partial charge in [0, 0.05) is 24.5 Å². The largest absolute Gasteiger partial charge is 0.364 e. The third kappa shape index (κ3) is 3.13. The number of rotatable bonds is 5. The summed E-state index contributed by atoms with van der Waals surface area (Å²) in [6.07, 6.45) is 3.59. The van der Waals surface area contributed by atoms with E-state index in [1.807, 2.05) is 48.7 Å². The molecule has 0 radical (unpaired) electrons. The number of hydrogen-bond donors (Lipinski definition) is 2. The number of anilines is 1. The summed E-state index contributed by atoms with van der Waals surface area (Å²) in [7, 11) is 0. The van der Waals surface area contributed by atoms with Gasteiger partial charge in [-0.2, -0.15) is 0 Å². The van der Waals surface area contributed by atoms with Gasteiger partial charge in [-0.15, -0.1) is 0 Å². The molecule has 0 aliphatic heterocycles. The molecule has 0 unspecified atom stereocenters. The van der Waals surface area contributed by atoms with Crippen molar-refractivity contribution in [3.63, 3.8) is 0 Å². The Bertz CT molecular complexity index is 727. The first-order valence-electron chi connectivity index (χ1n) is 7.25. The second-order valence-corrected chi connectivity index (χ2v) is 4.93. The van der Waals surface area contributed by atoms with Gasteiger partial charge in [-0.05, 0) is 29.3 Å². The first-order valence-corrected chi connectivity index (χ1v) is 7.25. The van der Waals surface area contributed by atoms with E-state index in [0.717, 1.165) is 28.2 Å². The van der Waals surface area contributed by atoms with Gasteiger partial charge < -0.3 is 11.1 Å². The molecular formula is C18H18N4. The van der Waals surface area contributed by atoms with E-state index in [9.17, 15) is 0 Å². The molecule has 0 bridgehead atoms. The minimum absolute atomic E-state index is 0.433. The predicted molar refractivity (Wildman–Crippen MR) is 89.1 cm³/mol. The Kier molecular flexibility index (Phi) is 4.41. The van der Waals surface area contributed by atoms with E-state index in [1.165, 1.54) is 0 Å². The molecule has 0 fully saturated rings. The standard InChI is InChI=1S/C18H18N4/c19-12-17-16(14-6-2-1-3-7-14)9-11-21-18(17)22-13-15-8-4-5-10-20-15/h1-11H,12-13,19H2,(H,21,22). The summed E-state index contributed by atoms with van der Waals surface area (Å²) >= 11 is 0. The molecule has 4 heteroatoms. The Morgan fingerprint density at radius 2 is 1.68 bits per heavy atom. The topological polar surface area (TPSA) is 63.8 Å². The maximum Gasteiger partial charge on any atom is 0.131 e. The number of hydrogen-bond acceptors (Lipinski definition) is 4. The molecule has 0 aliphatic rings. The van der Waals surface area contributed by atoms with Crippen LogP contribution in [-0.4, -0.2) is 9.97 Å². The van der Waals surface area contributed by atoms with E-state index >= 15 is 0 Å². The van der Waals surface area contributed by atoms with Crippen LogP contribution in [0.25, 0.3) is 11.1 Å². The minimum Gasteiger partial charge on any atom is -0.364 e. The number of nitrogens with zero attached hydrogens (tertiary/aromatic N) is 2. The van der Waals surface area contributed by atoms with E-state index in [2.05, 4.69) is 27.4 Å². The lowest BCUT2D eigenvalue weighted by atomic mass is 10.0. The summed E-state index contributed by atoms with van der Waals surface area (Å²) < 4.78 is 0. The van der Waals surface area contributed by atoms with Crippen LogP contribution in [0.5, 0.6) is 0 Å². The highest BCUT2D eigenvalue weighted by molar-refractivity contribution is 5.71. The van der Waals surface area contributed by atoms with Crippen LogP contribution in [0.2, 0.25) is 0 Å². The fourth-order valence-electron chi connectivity index (χ4n) is 2.42. The van der Waals surface area contributed by atoms with Crippen LogP contribution in [0.4, 0.5) is 5.82 Å². The van der Waals surface area contributed by atoms with Gasteiger partial charge in [0.25, 0.3) is 0 Å². The molecule has 3 N–H and O–H groups in total. The van der Waals surface area contributed by atoms with E-state index in [-0.39, 0.29) is 0 Å². The third-order valence-corrected chi connectivity index (χ3v) is 3.51. The Morgan fingerprint density at radius 3 is 2.41 bits per heavy atom. The van der Waals surface area contributed by atoms with Gasteiger partial charge in [0.15, 0.2) is 0 Å². The summed E-state index contributed by atoms with van der Waals surface area (Å²) in [4.78, 5) is 8.74. The molecule has 3 rings (SSSR count). The van der Waals surface area contributed by atoms with Gasteiger partial charge in [0.2, 0.25) is 0 Å². The van der Waals surface area contributed by atoms with E-state index < -0.39 is 0 Å². The van der Waals surface area contributed by atoms with Gasteiger partial charge in [0.1, 0.15) is 5.82 Å². The summed E-state index contributed by atoms with van der Waals surface area (Å²) in [5.74, 6) is 0.814. The van der Waals surface area contributed by atoms with Gasteiger partial charge in [-0.1, -0.05) is 36.4 Å². The lowest BCUT2D eigenvalue weighted by Crippen LogP contribution is -2.09. The molecule has 3 aromatic rings. The van der Waals surface area contributed by atoms with Crippen molar-refractivity contribution in [3.8, 4) is 11.1 Å². The van der Waals surface area contributed by atoms with Crippen molar-refractivity contribution >= 4 is 5.82 Å². The molecule has 4 nitrogen and oxygen atoms in total. The second-order valence-electron chi connectivity index (χ2n) is 4.93. The highest BCUT2D eigenvalue weighted by Crippen LogP contribution is 2.27. The van der Waals surface area contributed by atoms with Crippen molar-refractivity contribution in [2.24, 2.45) is 5.73 Å². The van der Waals surface area contributed by atoms with E-state index in [4.69, 9.17) is 5.73 Å². The van der Waals surface area contributed by atoms with Gasteiger partial charge in [-0.25, -0.2) is 4.98 Å². The quantitative estimate of drug-likeness (QED) is 0.757. The molecule has 0 amide bonds. The summed E-state index contributed by atoms with van der Waals surface area (Å²) in [5.41, 5.74) is 10.2. The maximum atomic E-state index is 5.96. The predicted octanol–water partition coefficient (Wildman–Crippen LogP) is 3.21. The molecule has 0 saturated heterocycles. The van der Waals surface area contributed by atoms with Crippen LogP contribution in [-0.2, 0) is 13.1 Å². The highest BCUT2D eigenvalue weighted by Gasteiger charge is 2.10. The lowest BCUT2D eigenvalue weighted by molar-refractivity contribution is 0.994. The molecule has 0 aliphatic carbocycles. The molecule has 2 aromatic heterocycles. The molecule has 0 atom stereocenters.